The van der Waals surface area contributed by atoms with Gasteiger partial charge in [0.05, 0.1) is 11.7 Å². The molecule has 5 heteroatoms. The topological polar surface area (TPSA) is 70.7 Å². The van der Waals surface area contributed by atoms with Crippen LogP contribution in [-0.4, -0.2) is 17.5 Å². The van der Waals surface area contributed by atoms with E-state index < -0.39 is 0 Å². The number of hydrazone groups is 1. The van der Waals surface area contributed by atoms with Gasteiger partial charge in [0.25, 0.3) is 0 Å². The molecule has 0 radical (unpaired) electrons. The molecule has 0 spiro atoms. The Bertz CT molecular complexity index is 738. The molecular formula is C24H38N4O. The van der Waals surface area contributed by atoms with Crippen LogP contribution in [0.3, 0.4) is 0 Å². The Morgan fingerprint density at radius 1 is 1.17 bits per heavy atom. The summed E-state index contributed by atoms with van der Waals surface area (Å²) in [6.07, 6.45) is 4.33. The van der Waals surface area contributed by atoms with Crippen LogP contribution >= 0.6 is 0 Å². The second kappa shape index (κ2) is 16.1. The zero-order valence-electron chi connectivity index (χ0n) is 20.6. The molecule has 0 fully saturated rings. The van der Waals surface area contributed by atoms with Gasteiger partial charge in [-0.3, -0.25) is 15.6 Å². The highest BCUT2D eigenvalue weighted by Crippen LogP contribution is 2.23. The molecule has 2 aromatic carbocycles. The van der Waals surface area contributed by atoms with Gasteiger partial charge in [-0.2, -0.15) is 5.10 Å². The maximum Gasteiger partial charge on any atom is 0.152 e. The van der Waals surface area contributed by atoms with Crippen LogP contribution in [0.5, 0.6) is 0 Å². The van der Waals surface area contributed by atoms with Gasteiger partial charge in [0, 0.05) is 20.6 Å². The number of para-hydroxylation sites is 2. The van der Waals surface area contributed by atoms with Crippen molar-refractivity contribution in [1.29, 1.82) is 0 Å². The molecule has 0 saturated carbocycles. The van der Waals surface area contributed by atoms with E-state index in [4.69, 9.17) is 8.58 Å². The van der Waals surface area contributed by atoms with Crippen LogP contribution in [0.1, 0.15) is 51.7 Å². The summed E-state index contributed by atoms with van der Waals surface area (Å²) in [6.45, 7) is 7.63. The molecule has 0 aliphatic carbocycles. The molecular weight excluding hydrogens is 360 g/mol. The lowest BCUT2D eigenvalue weighted by atomic mass is 10.2. The number of benzene rings is 2. The van der Waals surface area contributed by atoms with E-state index in [-0.39, 0.29) is 5.78 Å². The maximum absolute atomic E-state index is 9.96. The van der Waals surface area contributed by atoms with E-state index >= 15 is 0 Å². The number of ketones is 1. The summed E-state index contributed by atoms with van der Waals surface area (Å²) in [6, 6.07) is 20.4. The highest BCUT2D eigenvalue weighted by Gasteiger charge is 2.20. The van der Waals surface area contributed by atoms with Crippen LogP contribution in [0, 0.1) is 0 Å². The van der Waals surface area contributed by atoms with Gasteiger partial charge in [-0.05, 0) is 58.0 Å². The van der Waals surface area contributed by atoms with Crippen LogP contribution in [0.15, 0.2) is 77.9 Å². The van der Waals surface area contributed by atoms with Crippen molar-refractivity contribution in [2.45, 2.75) is 55.0 Å². The van der Waals surface area contributed by atoms with Crippen molar-refractivity contribution in [2.24, 2.45) is 10.9 Å². The fourth-order valence-electron chi connectivity index (χ4n) is 2.50. The summed E-state index contributed by atoms with van der Waals surface area (Å²) >= 11 is 0. The highest BCUT2D eigenvalue weighted by molar-refractivity contribution is 5.87. The van der Waals surface area contributed by atoms with Crippen LogP contribution < -0.4 is 16.3 Å². The minimum Gasteiger partial charge on any atom is -0.324 e. The first-order valence-electron chi connectivity index (χ1n) is 11.0. The number of nitrogens with one attached hydrogen (secondary N) is 1. The quantitative estimate of drug-likeness (QED) is 0.373. The van der Waals surface area contributed by atoms with Crippen molar-refractivity contribution in [2.75, 3.05) is 10.4 Å². The zero-order chi connectivity index (χ0) is 24.1. The number of carbonyl (C=O) groups excluding carboxylic acids is 1. The Morgan fingerprint density at radius 2 is 1.69 bits per heavy atom. The molecule has 0 amide bonds. The number of hydrogen-bond donors (Lipinski definition) is 2. The normalized spacial score (nSPS) is 14.7. The van der Waals surface area contributed by atoms with E-state index in [0.717, 1.165) is 12.1 Å². The fraction of sp³-hybridized carbons (Fsp3) is 0.333. The summed E-state index contributed by atoms with van der Waals surface area (Å²) in [4.78, 5) is 9.96. The number of nitrogens with two attached hydrogens (primary N) is 1. The molecule has 160 valence electrons. The van der Waals surface area contributed by atoms with Crippen molar-refractivity contribution in [1.82, 2.24) is 0 Å². The predicted molar refractivity (Wildman–Crippen MR) is 129 cm³/mol. The monoisotopic (exact) mass is 400 g/mol. The van der Waals surface area contributed by atoms with Crippen LogP contribution in [0.25, 0.3) is 0 Å². The Hall–Kier alpha value is -2.92. The van der Waals surface area contributed by atoms with Gasteiger partial charge in [-0.15, -0.1) is 0 Å². The first kappa shape index (κ1) is 24.1. The molecule has 29 heavy (non-hydrogen) atoms. The van der Waals surface area contributed by atoms with Gasteiger partial charge < -0.3 is 5.43 Å². The standard InChI is InChI=1S/C11H14N2.C6H8N2.C5H8O.2CH4/c1-9-8-10(2)13(12-9)11-6-4-3-5-7-11;7-8-6-4-2-1-3-5-6;1-3-4-5(2)6;;/h3-7,10H,8H2,1-2H3;1-5,8H,7H2;3-4H,1-2H3;2*1H4/b;;4-3+;;/i;;;2*1D. The number of nitrogens with zero attached hydrogens (tertiary/aromatic N) is 2. The summed E-state index contributed by atoms with van der Waals surface area (Å²) in [5, 5.41) is 6.58. The molecule has 0 saturated heterocycles. The molecule has 1 atom stereocenters. The predicted octanol–water partition coefficient (Wildman–Crippen LogP) is 6.06. The second-order valence-corrected chi connectivity index (χ2v) is 6.19. The highest BCUT2D eigenvalue weighted by atomic mass is 16.1. The van der Waals surface area contributed by atoms with E-state index in [1.807, 2.05) is 55.5 Å². The van der Waals surface area contributed by atoms with E-state index in [2.05, 4.69) is 41.5 Å². The van der Waals surface area contributed by atoms with Gasteiger partial charge in [0.15, 0.2) is 5.78 Å². The zero-order valence-corrected chi connectivity index (χ0v) is 18.6. The summed E-state index contributed by atoms with van der Waals surface area (Å²) in [5.41, 5.74) is 5.87. The lowest BCUT2D eigenvalue weighted by molar-refractivity contribution is -0.112. The average Bonchev–Trinajstić information content (AvgIpc) is 3.16. The van der Waals surface area contributed by atoms with Gasteiger partial charge in [-0.25, -0.2) is 0 Å². The SMILES string of the molecule is C/C=C/C(C)=O.CC1=NN(c2ccccc2)C(C)C1.NNc1ccccc1.[2H]C.[2H]C. The number of anilines is 2. The van der Waals surface area contributed by atoms with Gasteiger partial charge in [0.1, 0.15) is 0 Å². The van der Waals surface area contributed by atoms with Gasteiger partial charge in [0.2, 0.25) is 0 Å². The van der Waals surface area contributed by atoms with E-state index in [1.54, 1.807) is 6.08 Å². The van der Waals surface area contributed by atoms with Crippen LogP contribution in [0.4, 0.5) is 11.4 Å². The third-order valence-electron chi connectivity index (χ3n) is 3.65. The van der Waals surface area contributed by atoms with E-state index in [0.29, 0.717) is 6.04 Å². The fourth-order valence-corrected chi connectivity index (χ4v) is 2.50. The van der Waals surface area contributed by atoms with Crippen LogP contribution in [0.2, 0.25) is 0 Å². The van der Waals surface area contributed by atoms with Crippen molar-refractivity contribution in [3.8, 4) is 0 Å². The third-order valence-corrected chi connectivity index (χ3v) is 3.65. The van der Waals surface area contributed by atoms with Crippen molar-refractivity contribution in [3.05, 3.63) is 72.8 Å². The molecule has 0 bridgehead atoms. The first-order chi connectivity index (χ1) is 15.0. The smallest absolute Gasteiger partial charge is 0.152 e. The summed E-state index contributed by atoms with van der Waals surface area (Å²) < 4.78 is 11.5. The van der Waals surface area contributed by atoms with Crippen LogP contribution in [-0.2, 0) is 4.79 Å². The van der Waals surface area contributed by atoms with Crippen molar-refractivity contribution < 1.29 is 7.54 Å². The Kier molecular flexibility index (Phi) is 13.4. The Morgan fingerprint density at radius 3 is 2.00 bits per heavy atom. The number of nitrogen functional groups attached to an aromatic ring is 1. The number of allylic oxidation sites excluding steroid dienone is 2. The van der Waals surface area contributed by atoms with E-state index in [9.17, 15) is 4.79 Å². The van der Waals surface area contributed by atoms with Crippen molar-refractivity contribution in [3.63, 3.8) is 0 Å². The molecule has 2 aromatic rings. The molecule has 1 unspecified atom stereocenters. The van der Waals surface area contributed by atoms with E-state index in [1.165, 1.54) is 39.2 Å². The molecule has 3 N–H and O–H groups in total. The maximum atomic E-state index is 9.96. The van der Waals surface area contributed by atoms with Crippen molar-refractivity contribution >= 4 is 22.9 Å². The molecule has 5 nitrogen and oxygen atoms in total. The summed E-state index contributed by atoms with van der Waals surface area (Å²) in [5.74, 6) is 5.21. The van der Waals surface area contributed by atoms with Gasteiger partial charge >= 0.3 is 0 Å². The number of hydrogen-bond acceptors (Lipinski definition) is 5. The largest absolute Gasteiger partial charge is 0.324 e. The molecule has 3 rings (SSSR count). The minimum atomic E-state index is 0.109. The van der Waals surface area contributed by atoms with Gasteiger partial charge in [-0.1, -0.05) is 57.3 Å². The number of rotatable bonds is 3. The second-order valence-electron chi connectivity index (χ2n) is 6.19. The molecule has 1 heterocycles. The summed E-state index contributed by atoms with van der Waals surface area (Å²) in [7, 11) is 2.50. The lowest BCUT2D eigenvalue weighted by Gasteiger charge is -2.19. The molecule has 1 aliphatic heterocycles. The minimum absolute atomic E-state index is 0.109. The molecule has 1 aliphatic rings. The average molecular weight is 401 g/mol. The Labute approximate surface area is 180 Å². The number of carbonyl (C=O) groups is 1. The lowest BCUT2D eigenvalue weighted by Crippen LogP contribution is -2.22. The number of hydrazine groups is 1. The first-order valence-corrected chi connectivity index (χ1v) is 9.01. The Balaban J connectivity index is 0. The molecule has 0 aromatic heterocycles. The third kappa shape index (κ3) is 11.5.